The number of unbranched alkanes of at least 4 members (excludes halogenated alkanes) is 1. The summed E-state index contributed by atoms with van der Waals surface area (Å²) in [5.74, 6) is -1.84. The van der Waals surface area contributed by atoms with Gasteiger partial charge in [0.2, 0.25) is 5.91 Å². The second kappa shape index (κ2) is 19.1. The van der Waals surface area contributed by atoms with Crippen LogP contribution in [0.1, 0.15) is 42.1 Å². The summed E-state index contributed by atoms with van der Waals surface area (Å²) in [5, 5.41) is 19.3. The molecule has 2 aromatic rings. The molecule has 2 aromatic carbocycles. The van der Waals surface area contributed by atoms with Crippen molar-refractivity contribution in [2.24, 2.45) is 11.5 Å². The summed E-state index contributed by atoms with van der Waals surface area (Å²) in [5.41, 5.74) is 12.6. The molecule has 182 valence electrons. The lowest BCUT2D eigenvalue weighted by Crippen LogP contribution is -2.29. The molecule has 2 rings (SSSR count). The van der Waals surface area contributed by atoms with E-state index in [0.29, 0.717) is 24.2 Å². The number of rotatable bonds is 9. The van der Waals surface area contributed by atoms with Gasteiger partial charge in [-0.1, -0.05) is 36.8 Å². The summed E-state index contributed by atoms with van der Waals surface area (Å²) in [6, 6.07) is 15.1. The molecule has 0 radical (unpaired) electrons. The van der Waals surface area contributed by atoms with E-state index in [0.717, 1.165) is 24.7 Å². The Morgan fingerprint density at radius 3 is 2.00 bits per heavy atom. The van der Waals surface area contributed by atoms with E-state index in [-0.39, 0.29) is 18.5 Å². The van der Waals surface area contributed by atoms with E-state index >= 15 is 0 Å². The Bertz CT molecular complexity index is 829. The number of carboxylic acid groups (broad SMARTS) is 2. The normalized spacial score (nSPS) is 10.0. The Morgan fingerprint density at radius 2 is 1.58 bits per heavy atom. The second-order valence-electron chi connectivity index (χ2n) is 6.71. The lowest BCUT2D eigenvalue weighted by molar-refractivity contribution is -0.139. The van der Waals surface area contributed by atoms with Gasteiger partial charge in [0, 0.05) is 18.2 Å². The minimum atomic E-state index is -0.933. The van der Waals surface area contributed by atoms with Crippen molar-refractivity contribution in [1.29, 1.82) is 0 Å². The number of carbonyl (C=O) groups is 4. The molecule has 0 aromatic heterocycles. The van der Waals surface area contributed by atoms with Gasteiger partial charge in [-0.25, -0.2) is 0 Å². The number of carbonyl (C=O) groups excluding carboxylic acids is 2. The summed E-state index contributed by atoms with van der Waals surface area (Å²) in [7, 11) is 0. The molecule has 0 aliphatic heterocycles. The first-order valence-electron chi connectivity index (χ1n) is 9.96. The number of amides is 1. The Balaban J connectivity index is 0. The van der Waals surface area contributed by atoms with E-state index in [9.17, 15) is 19.2 Å². The second-order valence-corrected chi connectivity index (χ2v) is 6.71. The number of nitrogens with one attached hydrogen (secondary N) is 1. The summed E-state index contributed by atoms with van der Waals surface area (Å²) < 4.78 is 0. The highest BCUT2D eigenvalue weighted by Gasteiger charge is 2.09. The molecule has 0 aliphatic rings. The fourth-order valence-electron chi connectivity index (χ4n) is 2.25. The van der Waals surface area contributed by atoms with E-state index in [1.165, 1.54) is 6.92 Å². The molecule has 10 nitrogen and oxygen atoms in total. The molecule has 0 saturated carbocycles. The zero-order valence-electron chi connectivity index (χ0n) is 18.8. The smallest absolute Gasteiger partial charge is 0.320 e. The number of hydrogen-bond acceptors (Lipinski definition) is 7. The van der Waals surface area contributed by atoms with Gasteiger partial charge >= 0.3 is 11.9 Å². The quantitative estimate of drug-likeness (QED) is 0.238. The van der Waals surface area contributed by atoms with E-state index in [1.54, 1.807) is 36.4 Å². The highest BCUT2D eigenvalue weighted by atomic mass is 16.4. The van der Waals surface area contributed by atoms with Crippen molar-refractivity contribution in [3.05, 3.63) is 65.7 Å². The minimum absolute atomic E-state index is 0. The first kappa shape index (κ1) is 31.6. The Labute approximate surface area is 193 Å². The maximum atomic E-state index is 10.6. The average molecular weight is 463 g/mol. The van der Waals surface area contributed by atoms with Crippen LogP contribution in [0.25, 0.3) is 0 Å². The van der Waals surface area contributed by atoms with Crippen LogP contribution in [-0.2, 0) is 20.8 Å². The topological polar surface area (TPSA) is 208 Å². The number of benzene rings is 2. The Morgan fingerprint density at radius 1 is 1.00 bits per heavy atom. The number of aliphatic carboxylic acids is 2. The van der Waals surface area contributed by atoms with E-state index < -0.39 is 18.0 Å². The molecule has 10 heteroatoms. The summed E-state index contributed by atoms with van der Waals surface area (Å²) in [6.45, 7) is 2.04. The van der Waals surface area contributed by atoms with Crippen molar-refractivity contribution in [3.8, 4) is 0 Å². The lowest BCUT2D eigenvalue weighted by atomic mass is 10.1. The number of aldehydes is 1. The third-order valence-electron chi connectivity index (χ3n) is 3.85. The van der Waals surface area contributed by atoms with Gasteiger partial charge in [-0.15, -0.1) is 0 Å². The molecule has 0 unspecified atom stereocenters. The zero-order chi connectivity index (χ0) is 24.4. The van der Waals surface area contributed by atoms with Gasteiger partial charge < -0.3 is 33.1 Å². The van der Waals surface area contributed by atoms with Crippen LogP contribution in [-0.4, -0.2) is 46.9 Å². The number of anilines is 1. The van der Waals surface area contributed by atoms with Gasteiger partial charge in [0.15, 0.2) is 0 Å². The lowest BCUT2D eigenvalue weighted by Gasteiger charge is -2.03. The summed E-state index contributed by atoms with van der Waals surface area (Å²) >= 11 is 0. The standard InChI is InChI=1S/C9H9NO2.C8H8O2.C6H14N2O2.H3N/c1-7(12)10-9-4-2-8(6-11)3-5-9;9-8(10)6-7-4-2-1-3-5-7;7-4-2-1-3-5(8)6(9)10;/h2-6H,1H3,(H,10,12);1-5H,6H2,(H,9,10);5H,1-4,7-8H2,(H,9,10);1H3/t;;5-;/m..0./s1. The molecular formula is C23H34N4O6. The molecule has 0 spiro atoms. The van der Waals surface area contributed by atoms with Gasteiger partial charge in [0.05, 0.1) is 6.42 Å². The van der Waals surface area contributed by atoms with Gasteiger partial charge in [0.1, 0.15) is 12.3 Å². The molecule has 1 atom stereocenters. The highest BCUT2D eigenvalue weighted by Crippen LogP contribution is 2.07. The monoisotopic (exact) mass is 462 g/mol. The molecule has 33 heavy (non-hydrogen) atoms. The van der Waals surface area contributed by atoms with Gasteiger partial charge in [-0.3, -0.25) is 19.2 Å². The number of hydrogen-bond donors (Lipinski definition) is 6. The van der Waals surface area contributed by atoms with E-state index in [2.05, 4.69) is 5.32 Å². The van der Waals surface area contributed by atoms with Crippen molar-refractivity contribution in [2.45, 2.75) is 38.6 Å². The van der Waals surface area contributed by atoms with Crippen molar-refractivity contribution < 1.29 is 29.4 Å². The largest absolute Gasteiger partial charge is 0.481 e. The maximum absolute atomic E-state index is 10.6. The molecular weight excluding hydrogens is 428 g/mol. The van der Waals surface area contributed by atoms with Crippen LogP contribution in [0.5, 0.6) is 0 Å². The fraction of sp³-hybridized carbons (Fsp3) is 0.304. The SMILES string of the molecule is CC(=O)Nc1ccc(C=O)cc1.N.NCCCC[C@H](N)C(=O)O.O=C(O)Cc1ccccc1. The average Bonchev–Trinajstić information content (AvgIpc) is 2.75. The van der Waals surface area contributed by atoms with E-state index in [1.807, 2.05) is 18.2 Å². The van der Waals surface area contributed by atoms with Crippen molar-refractivity contribution in [1.82, 2.24) is 6.15 Å². The van der Waals surface area contributed by atoms with Gasteiger partial charge in [0.25, 0.3) is 0 Å². The molecule has 0 bridgehead atoms. The first-order chi connectivity index (χ1) is 15.2. The van der Waals surface area contributed by atoms with E-state index in [4.69, 9.17) is 21.7 Å². The Kier molecular flexibility index (Phi) is 18.3. The van der Waals surface area contributed by atoms with Crippen molar-refractivity contribution in [2.75, 3.05) is 11.9 Å². The molecule has 0 heterocycles. The minimum Gasteiger partial charge on any atom is -0.481 e. The van der Waals surface area contributed by atoms with Crippen LogP contribution in [0.3, 0.4) is 0 Å². The zero-order valence-corrected chi connectivity index (χ0v) is 18.8. The predicted octanol–water partition coefficient (Wildman–Crippen LogP) is 2.46. The first-order valence-corrected chi connectivity index (χ1v) is 9.96. The number of nitrogens with two attached hydrogens (primary N) is 2. The van der Waals surface area contributed by atoms with Crippen molar-refractivity contribution >= 4 is 29.8 Å². The third kappa shape index (κ3) is 17.7. The third-order valence-corrected chi connectivity index (χ3v) is 3.85. The fourth-order valence-corrected chi connectivity index (χ4v) is 2.25. The summed E-state index contributed by atoms with van der Waals surface area (Å²) in [4.78, 5) is 41.1. The number of carboxylic acids is 2. The van der Waals surface area contributed by atoms with Crippen molar-refractivity contribution in [3.63, 3.8) is 0 Å². The van der Waals surface area contributed by atoms with Gasteiger partial charge in [-0.2, -0.15) is 0 Å². The molecule has 1 amide bonds. The van der Waals surface area contributed by atoms with Crippen LogP contribution in [0.4, 0.5) is 5.69 Å². The Hall–Kier alpha value is -3.60. The van der Waals surface area contributed by atoms with Crippen LogP contribution in [0, 0.1) is 0 Å². The molecule has 0 fully saturated rings. The van der Waals surface area contributed by atoms with Gasteiger partial charge in [-0.05, 0) is 49.2 Å². The predicted molar refractivity (Wildman–Crippen MR) is 127 cm³/mol. The highest BCUT2D eigenvalue weighted by molar-refractivity contribution is 5.89. The van der Waals surface area contributed by atoms with Crippen LogP contribution in [0.15, 0.2) is 54.6 Å². The molecule has 0 saturated heterocycles. The summed E-state index contributed by atoms with van der Waals surface area (Å²) in [6.07, 6.45) is 3.04. The van der Waals surface area contributed by atoms with Crippen LogP contribution >= 0.6 is 0 Å². The maximum Gasteiger partial charge on any atom is 0.320 e. The molecule has 10 N–H and O–H groups in total. The van der Waals surface area contributed by atoms with Crippen LogP contribution < -0.4 is 22.9 Å². The molecule has 0 aliphatic carbocycles. The van der Waals surface area contributed by atoms with Crippen LogP contribution in [0.2, 0.25) is 0 Å².